The molecule has 78 heavy (non-hydrogen) atoms. The third-order valence-corrected chi connectivity index (χ3v) is 13.6. The maximum atomic E-state index is 14.0. The summed E-state index contributed by atoms with van der Waals surface area (Å²) >= 11 is 7.82. The number of urea groups is 1. The molecule has 3 aromatic rings. The molecule has 27 heteroatoms. The molecule has 1 aliphatic heterocycles. The Kier molecular flexibility index (Phi) is 27.0. The van der Waals surface area contributed by atoms with Crippen LogP contribution in [0.25, 0.3) is 0 Å². The number of carboxylic acid groups (broad SMARTS) is 3. The second kappa shape index (κ2) is 33.0. The third-order valence-electron chi connectivity index (χ3n) is 12.6. The van der Waals surface area contributed by atoms with E-state index in [-0.39, 0.29) is 64.1 Å². The van der Waals surface area contributed by atoms with E-state index in [4.69, 9.17) is 40.3 Å². The van der Waals surface area contributed by atoms with E-state index in [9.17, 15) is 53.7 Å². The molecular weight excluding hydrogens is 1150 g/mol. The monoisotopic (exact) mass is 1220 g/mol. The number of aliphatic carboxylic acids is 3. The number of rotatable bonds is 28. The molecule has 426 valence electrons. The largest absolute Gasteiger partial charge is 0.481 e. The zero-order valence-corrected chi connectivity index (χ0v) is 46.2. The van der Waals surface area contributed by atoms with Crippen LogP contribution in [-0.4, -0.2) is 200 Å². The number of aliphatic hydroxyl groups is 1. The highest BCUT2D eigenvalue weighted by atomic mass is 127. The van der Waals surface area contributed by atoms with E-state index in [1.165, 1.54) is 0 Å². The van der Waals surface area contributed by atoms with E-state index in [1.54, 1.807) is 29.2 Å². The van der Waals surface area contributed by atoms with Gasteiger partial charge < -0.3 is 69.5 Å². The average Bonchev–Trinajstić information content (AvgIpc) is 3.37. The number of thiocarbonyl (C=S) groups is 1. The average molecular weight is 1220 g/mol. The quantitative estimate of drug-likeness (QED) is 0.0189. The minimum atomic E-state index is -1.53. The molecule has 1 saturated heterocycles. The van der Waals surface area contributed by atoms with Crippen LogP contribution in [0.5, 0.6) is 0 Å². The number of anilines is 1. The summed E-state index contributed by atoms with van der Waals surface area (Å²) in [6.07, 6.45) is -1.01. The maximum absolute atomic E-state index is 14.0. The van der Waals surface area contributed by atoms with E-state index in [2.05, 4.69) is 43.9 Å². The molecule has 3 aromatic carbocycles. The number of unbranched alkanes of at least 4 members (excludes halogenated alkanes) is 1. The molecule has 4 rings (SSSR count). The van der Waals surface area contributed by atoms with Gasteiger partial charge in [-0.25, -0.2) is 14.4 Å². The summed E-state index contributed by atoms with van der Waals surface area (Å²) in [7, 11) is 0. The standard InChI is InChI=1S/C51H72IN13O12S/c52-37-12-6-35(7-13-37)27-65(18-2-1-3-40(48(73)74)59-50(77)60-41(49(75)76)16-17-46(70)71)47(72)36-10-4-34(5-11-36)26-57-51(78)58-38-14-8-33(9-15-38)25-39-28-63(31-44(55)68)22-21-61(29-42(53)66)19-20-62(30-43(54)67)23-24-64(39)32-45(56)69/h4-15,39-41,45,69H,1-3,16-32,56H2,(H2,53,66)(H2,54,67)(H2,55,68)(H,70,71)(H,73,74)(H,75,76)(H2,57,58,78)(H2,59,60,77)/t39?,40-,41-,45?/m1/s1. The zero-order chi connectivity index (χ0) is 57.3. The second-order valence-corrected chi connectivity index (χ2v) is 20.6. The number of hydrogen-bond donors (Lipinski definition) is 12. The van der Waals surface area contributed by atoms with Crippen LogP contribution in [0.3, 0.4) is 0 Å². The van der Waals surface area contributed by atoms with Crippen LogP contribution in [0.2, 0.25) is 0 Å². The Morgan fingerprint density at radius 2 is 1.19 bits per heavy atom. The van der Waals surface area contributed by atoms with Gasteiger partial charge in [-0.15, -0.1) is 0 Å². The molecular formula is C51H72IN13O12S. The van der Waals surface area contributed by atoms with Crippen molar-refractivity contribution >= 4 is 93.2 Å². The number of carbonyl (C=O) groups excluding carboxylic acids is 5. The van der Waals surface area contributed by atoms with Crippen LogP contribution in [0.4, 0.5) is 10.5 Å². The van der Waals surface area contributed by atoms with Gasteiger partial charge in [0.1, 0.15) is 18.3 Å². The maximum Gasteiger partial charge on any atom is 0.326 e. The Labute approximate surface area is 471 Å². The number of benzene rings is 3. The summed E-state index contributed by atoms with van der Waals surface area (Å²) in [6, 6.07) is 18.0. The lowest BCUT2D eigenvalue weighted by Crippen LogP contribution is -2.55. The first kappa shape index (κ1) is 63.9. The summed E-state index contributed by atoms with van der Waals surface area (Å²) < 4.78 is 1.01. The molecule has 2 unspecified atom stereocenters. The lowest BCUT2D eigenvalue weighted by Gasteiger charge is -2.39. The van der Waals surface area contributed by atoms with Crippen molar-refractivity contribution in [2.75, 3.05) is 83.9 Å². The Balaban J connectivity index is 1.38. The van der Waals surface area contributed by atoms with Gasteiger partial charge in [0, 0.05) is 99.3 Å². The topological polar surface area (TPSA) is 386 Å². The summed E-state index contributed by atoms with van der Waals surface area (Å²) in [6.45, 7) is 3.57. The Bertz CT molecular complexity index is 2500. The van der Waals surface area contributed by atoms with Crippen LogP contribution in [0, 0.1) is 3.57 Å². The van der Waals surface area contributed by atoms with Crippen LogP contribution in [-0.2, 0) is 48.3 Å². The van der Waals surface area contributed by atoms with Crippen molar-refractivity contribution in [1.29, 1.82) is 0 Å². The van der Waals surface area contributed by atoms with E-state index < -0.39 is 72.8 Å². The van der Waals surface area contributed by atoms with E-state index in [1.807, 2.05) is 68.1 Å². The molecule has 0 spiro atoms. The summed E-state index contributed by atoms with van der Waals surface area (Å²) in [5.74, 6) is -5.88. The summed E-state index contributed by atoms with van der Waals surface area (Å²) in [4.78, 5) is 107. The van der Waals surface area contributed by atoms with Gasteiger partial charge in [0.25, 0.3) is 5.91 Å². The van der Waals surface area contributed by atoms with Crippen molar-refractivity contribution in [2.24, 2.45) is 22.9 Å². The summed E-state index contributed by atoms with van der Waals surface area (Å²) in [5.41, 5.74) is 26.5. The number of hydrogen-bond acceptors (Lipinski definition) is 15. The molecule has 1 aliphatic rings. The number of amides is 6. The molecule has 1 heterocycles. The lowest BCUT2D eigenvalue weighted by molar-refractivity contribution is -0.141. The van der Waals surface area contributed by atoms with Crippen molar-refractivity contribution in [3.8, 4) is 0 Å². The fourth-order valence-electron chi connectivity index (χ4n) is 8.70. The Morgan fingerprint density at radius 1 is 0.679 bits per heavy atom. The molecule has 4 atom stereocenters. The van der Waals surface area contributed by atoms with Crippen molar-refractivity contribution < 1.29 is 58.8 Å². The number of β-amino-alcohol motifs (C(OH)–C–C–N with tert-alkyl or cyclic N) is 1. The number of aliphatic hydroxyl groups excluding tert-OH is 1. The molecule has 0 aromatic heterocycles. The van der Waals surface area contributed by atoms with Gasteiger partial charge in [-0.2, -0.15) is 0 Å². The highest BCUT2D eigenvalue weighted by molar-refractivity contribution is 14.1. The smallest absolute Gasteiger partial charge is 0.326 e. The van der Waals surface area contributed by atoms with Gasteiger partial charge in [-0.1, -0.05) is 36.4 Å². The second-order valence-electron chi connectivity index (χ2n) is 19.0. The number of primary amides is 3. The molecule has 0 radical (unpaired) electrons. The summed E-state index contributed by atoms with van der Waals surface area (Å²) in [5, 5.41) is 49.5. The number of nitrogens with zero attached hydrogens (tertiary/aromatic N) is 5. The van der Waals surface area contributed by atoms with Gasteiger partial charge in [0.2, 0.25) is 17.7 Å². The van der Waals surface area contributed by atoms with Crippen LogP contribution >= 0.6 is 34.8 Å². The van der Waals surface area contributed by atoms with Gasteiger partial charge >= 0.3 is 23.9 Å². The highest BCUT2D eigenvalue weighted by Gasteiger charge is 2.28. The van der Waals surface area contributed by atoms with Gasteiger partial charge in [0.15, 0.2) is 5.11 Å². The number of halogens is 1. The molecule has 6 amide bonds. The van der Waals surface area contributed by atoms with E-state index in [0.29, 0.717) is 81.6 Å². The molecule has 1 fully saturated rings. The zero-order valence-electron chi connectivity index (χ0n) is 43.3. The van der Waals surface area contributed by atoms with Crippen molar-refractivity contribution in [2.45, 2.75) is 76.0 Å². The fraction of sp³-hybridized carbons (Fsp3) is 0.471. The predicted molar refractivity (Wildman–Crippen MR) is 301 cm³/mol. The van der Waals surface area contributed by atoms with Crippen LogP contribution < -0.4 is 44.2 Å². The van der Waals surface area contributed by atoms with Gasteiger partial charge in [-0.05, 0) is 120 Å². The van der Waals surface area contributed by atoms with Crippen LogP contribution in [0.15, 0.2) is 72.8 Å². The number of nitrogens with two attached hydrogens (primary N) is 4. The molecule has 25 nitrogen and oxygen atoms in total. The lowest BCUT2D eigenvalue weighted by atomic mass is 10.0. The minimum Gasteiger partial charge on any atom is -0.481 e. The van der Waals surface area contributed by atoms with Crippen molar-refractivity contribution in [3.05, 3.63) is 98.6 Å². The highest BCUT2D eigenvalue weighted by Crippen LogP contribution is 2.18. The first-order valence-electron chi connectivity index (χ1n) is 25.2. The third kappa shape index (κ3) is 24.4. The number of carbonyl (C=O) groups is 8. The Morgan fingerprint density at radius 3 is 1.73 bits per heavy atom. The van der Waals surface area contributed by atoms with Gasteiger partial charge in [-0.3, -0.25) is 43.6 Å². The SMILES string of the molecule is NC(=O)CN1CCN(CC(N)=O)CCN(CC(N)O)C(Cc2ccc(NC(=S)NCc3ccc(C(=O)N(CCCC[C@@H](NC(=O)N[C@H](CCC(=O)O)C(=O)O)C(=O)O)Cc4ccc(I)cc4)cc3)cc2)CN(CC(N)=O)CC1. The van der Waals surface area contributed by atoms with E-state index >= 15 is 0 Å². The normalized spacial score (nSPS) is 16.2. The molecule has 0 saturated carbocycles. The first-order chi connectivity index (χ1) is 37.0. The fourth-order valence-corrected chi connectivity index (χ4v) is 9.25. The van der Waals surface area contributed by atoms with E-state index in [0.717, 1.165) is 20.3 Å². The molecule has 0 bridgehead atoms. The number of nitrogens with one attached hydrogen (secondary N) is 4. The van der Waals surface area contributed by atoms with Crippen molar-refractivity contribution in [1.82, 2.24) is 40.4 Å². The van der Waals surface area contributed by atoms with Gasteiger partial charge in [0.05, 0.1) is 19.6 Å². The molecule has 16 N–H and O–H groups in total. The predicted octanol–water partition coefficient (Wildman–Crippen LogP) is -0.473. The first-order valence-corrected chi connectivity index (χ1v) is 26.7. The van der Waals surface area contributed by atoms with Crippen molar-refractivity contribution in [3.63, 3.8) is 0 Å². The molecule has 0 aliphatic carbocycles. The Hall–Kier alpha value is -6.60. The van der Waals surface area contributed by atoms with Crippen LogP contribution in [0.1, 0.15) is 59.2 Å². The number of carboxylic acids is 3. The minimum absolute atomic E-state index is 0.0173.